The number of nitrogens with zero attached hydrogens (tertiary/aromatic N) is 4. The van der Waals surface area contributed by atoms with Crippen LogP contribution in [0.5, 0.6) is 0 Å². The largest absolute Gasteiger partial charge is 0.404 e. The lowest BCUT2D eigenvalue weighted by molar-refractivity contribution is -0.147. The number of hydrogen-bond donors (Lipinski definition) is 3. The van der Waals surface area contributed by atoms with Crippen molar-refractivity contribution in [1.82, 2.24) is 29.8 Å². The maximum absolute atomic E-state index is 14.1. The van der Waals surface area contributed by atoms with Crippen molar-refractivity contribution in [3.8, 4) is 21.3 Å². The third kappa shape index (κ3) is 6.40. The second-order valence-electron chi connectivity index (χ2n) is 10.2. The van der Waals surface area contributed by atoms with Crippen molar-refractivity contribution in [3.63, 3.8) is 0 Å². The molecule has 3 heterocycles. The molecule has 2 aromatic heterocycles. The minimum atomic E-state index is -4.88. The molecule has 0 bridgehead atoms. The van der Waals surface area contributed by atoms with Crippen molar-refractivity contribution < 1.29 is 40.3 Å². The third-order valence-corrected chi connectivity index (χ3v) is 9.94. The van der Waals surface area contributed by atoms with Crippen molar-refractivity contribution in [2.45, 2.75) is 68.8 Å². The number of amides is 1. The number of benzene rings is 1. The zero-order valence-electron chi connectivity index (χ0n) is 22.1. The van der Waals surface area contributed by atoms with E-state index in [2.05, 4.69) is 20.2 Å². The molecule has 3 aromatic rings. The van der Waals surface area contributed by atoms with Gasteiger partial charge in [0.05, 0.1) is 21.5 Å². The van der Waals surface area contributed by atoms with Crippen LogP contribution in [0.15, 0.2) is 17.0 Å². The lowest BCUT2D eigenvalue weighted by Crippen LogP contribution is -2.43. The Balaban J connectivity index is 1.84. The van der Waals surface area contributed by atoms with Gasteiger partial charge in [-0.15, -0.1) is 11.3 Å². The highest BCUT2D eigenvalue weighted by molar-refractivity contribution is 7.89. The van der Waals surface area contributed by atoms with Gasteiger partial charge in [-0.1, -0.05) is 29.3 Å². The van der Waals surface area contributed by atoms with Crippen LogP contribution in [0.4, 0.5) is 22.0 Å². The summed E-state index contributed by atoms with van der Waals surface area (Å²) < 4.78 is 94.1. The van der Waals surface area contributed by atoms with Crippen LogP contribution in [-0.4, -0.2) is 75.2 Å². The molecular weight excluding hydrogens is 654 g/mol. The number of aliphatic hydroxyl groups is 1. The predicted molar refractivity (Wildman–Crippen MR) is 144 cm³/mol. The maximum atomic E-state index is 14.1. The van der Waals surface area contributed by atoms with Crippen LogP contribution in [0.3, 0.4) is 0 Å². The van der Waals surface area contributed by atoms with Crippen LogP contribution < -0.4 is 4.72 Å². The molecule has 0 unspecified atom stereocenters. The van der Waals surface area contributed by atoms with Gasteiger partial charge < -0.3 is 10.0 Å². The minimum Gasteiger partial charge on any atom is -0.382 e. The summed E-state index contributed by atoms with van der Waals surface area (Å²) in [5.74, 6) is -4.02. The molecule has 10 nitrogen and oxygen atoms in total. The maximum Gasteiger partial charge on any atom is 0.404 e. The summed E-state index contributed by atoms with van der Waals surface area (Å²) in [4.78, 5) is 22.2. The van der Waals surface area contributed by atoms with E-state index in [4.69, 9.17) is 23.2 Å². The summed E-state index contributed by atoms with van der Waals surface area (Å²) in [7, 11) is -4.81. The summed E-state index contributed by atoms with van der Waals surface area (Å²) in [5, 5.41) is 15.7. The molecule has 19 heteroatoms. The van der Waals surface area contributed by atoms with Crippen LogP contribution in [0.1, 0.15) is 50.4 Å². The van der Waals surface area contributed by atoms with Crippen molar-refractivity contribution in [2.75, 3.05) is 6.54 Å². The smallest absolute Gasteiger partial charge is 0.382 e. The monoisotopic (exact) mass is 676 g/mol. The van der Waals surface area contributed by atoms with Gasteiger partial charge in [0, 0.05) is 18.0 Å². The van der Waals surface area contributed by atoms with E-state index in [1.54, 1.807) is 0 Å². The number of aromatic nitrogens is 4. The Morgan fingerprint density at radius 1 is 1.24 bits per heavy atom. The van der Waals surface area contributed by atoms with E-state index in [0.29, 0.717) is 6.92 Å². The molecule has 0 saturated carbocycles. The van der Waals surface area contributed by atoms with Gasteiger partial charge in [-0.05, 0) is 33.8 Å². The first-order chi connectivity index (χ1) is 19.1. The molecule has 230 valence electrons. The molecule has 0 aliphatic carbocycles. The van der Waals surface area contributed by atoms with Crippen molar-refractivity contribution in [3.05, 3.63) is 33.7 Å². The van der Waals surface area contributed by atoms with E-state index in [1.807, 2.05) is 0 Å². The highest BCUT2D eigenvalue weighted by atomic mass is 35.5. The van der Waals surface area contributed by atoms with Gasteiger partial charge in [-0.3, -0.25) is 9.89 Å². The number of halogens is 7. The van der Waals surface area contributed by atoms with Crippen LogP contribution in [0, 0.1) is 0 Å². The lowest BCUT2D eigenvalue weighted by atomic mass is 10.1. The second kappa shape index (κ2) is 10.9. The molecule has 1 aromatic carbocycles. The Bertz CT molecular complexity index is 1640. The number of likely N-dealkylation sites (tertiary alicyclic amines) is 1. The molecule has 42 heavy (non-hydrogen) atoms. The number of hydrogen-bond acceptors (Lipinski definition) is 8. The number of thiazole rings is 1. The standard InChI is InChI=1S/C23H23Cl2F5N6O4S2/c1-9-7-22(26,27)8-36(9)19(37)15-16(41-18(31-15)17-32-20(34-33-17)21(3,4)38)11-5-6-12(14(25)13(11)24)42(39,40)35-10(2)23(28,29)30/h5-6,9-10,35,38H,7-8H2,1-4H3,(H,32,33,34)/t9-,10-/m0/s1. The first-order valence-electron chi connectivity index (χ1n) is 12.0. The number of aromatic amines is 1. The topological polar surface area (TPSA) is 141 Å². The van der Waals surface area contributed by atoms with Crippen LogP contribution in [0.2, 0.25) is 10.0 Å². The van der Waals surface area contributed by atoms with E-state index in [-0.39, 0.29) is 32.8 Å². The molecule has 0 radical (unpaired) electrons. The Labute approximate surface area is 250 Å². The SMILES string of the molecule is C[C@H](NS(=O)(=O)c1ccc(-c2sc(-c3n[nH]c(C(C)(C)O)n3)nc2C(=O)N2CC(F)(F)C[C@@H]2C)c(Cl)c1Cl)C(F)(F)F. The fourth-order valence-corrected chi connectivity index (χ4v) is 7.25. The quantitative estimate of drug-likeness (QED) is 0.291. The second-order valence-corrected chi connectivity index (χ2v) is 13.7. The minimum absolute atomic E-state index is 0.0144. The summed E-state index contributed by atoms with van der Waals surface area (Å²) in [6, 6.07) is -1.30. The molecule has 2 atom stereocenters. The van der Waals surface area contributed by atoms with Crippen molar-refractivity contribution >= 4 is 50.5 Å². The van der Waals surface area contributed by atoms with Crippen molar-refractivity contribution in [2.24, 2.45) is 0 Å². The average molecular weight is 678 g/mol. The molecule has 0 spiro atoms. The molecule has 1 fully saturated rings. The fraction of sp³-hybridized carbons (Fsp3) is 0.478. The Kier molecular flexibility index (Phi) is 8.45. The van der Waals surface area contributed by atoms with Crippen LogP contribution in [-0.2, 0) is 15.6 Å². The van der Waals surface area contributed by atoms with E-state index < -0.39 is 73.6 Å². The lowest BCUT2D eigenvalue weighted by Gasteiger charge is -2.20. The number of carbonyl (C=O) groups is 1. The molecule has 3 N–H and O–H groups in total. The van der Waals surface area contributed by atoms with Gasteiger partial charge in [-0.2, -0.15) is 23.0 Å². The van der Waals surface area contributed by atoms with E-state index in [0.717, 1.165) is 28.4 Å². The number of sulfonamides is 1. The molecule has 1 amide bonds. The van der Waals surface area contributed by atoms with E-state index in [9.17, 15) is 40.3 Å². The fourth-order valence-electron chi connectivity index (χ4n) is 4.07. The Morgan fingerprint density at radius 3 is 2.40 bits per heavy atom. The summed E-state index contributed by atoms with van der Waals surface area (Å²) in [6.07, 6.45) is -5.46. The number of alkyl halides is 5. The summed E-state index contributed by atoms with van der Waals surface area (Å²) in [5.41, 5.74) is -1.81. The Hall–Kier alpha value is -2.44. The zero-order valence-corrected chi connectivity index (χ0v) is 25.3. The molecule has 4 rings (SSSR count). The van der Waals surface area contributed by atoms with Gasteiger partial charge in [0.2, 0.25) is 15.8 Å². The first-order valence-corrected chi connectivity index (χ1v) is 15.1. The number of nitrogens with one attached hydrogen (secondary N) is 2. The highest BCUT2D eigenvalue weighted by Crippen LogP contribution is 2.44. The molecule has 1 aliphatic rings. The third-order valence-electron chi connectivity index (χ3n) is 6.28. The molecule has 1 saturated heterocycles. The summed E-state index contributed by atoms with van der Waals surface area (Å²) >= 11 is 13.4. The predicted octanol–water partition coefficient (Wildman–Crippen LogP) is 5.23. The van der Waals surface area contributed by atoms with Gasteiger partial charge in [0.15, 0.2) is 10.8 Å². The molecular formula is C23H23Cl2F5N6O4S2. The van der Waals surface area contributed by atoms with Gasteiger partial charge in [-0.25, -0.2) is 27.2 Å². The Morgan fingerprint density at radius 2 is 1.88 bits per heavy atom. The normalized spacial score (nSPS) is 18.5. The number of rotatable bonds is 7. The van der Waals surface area contributed by atoms with Gasteiger partial charge in [0.25, 0.3) is 11.8 Å². The molecule has 1 aliphatic heterocycles. The van der Waals surface area contributed by atoms with E-state index in [1.165, 1.54) is 25.5 Å². The van der Waals surface area contributed by atoms with Crippen LogP contribution in [0.25, 0.3) is 21.3 Å². The highest BCUT2D eigenvalue weighted by Gasteiger charge is 2.46. The summed E-state index contributed by atoms with van der Waals surface area (Å²) in [6.45, 7) is 4.05. The first kappa shape index (κ1) is 32.5. The van der Waals surface area contributed by atoms with Crippen molar-refractivity contribution in [1.29, 1.82) is 0 Å². The van der Waals surface area contributed by atoms with Crippen LogP contribution >= 0.6 is 34.5 Å². The van der Waals surface area contributed by atoms with E-state index >= 15 is 0 Å². The number of H-pyrrole nitrogens is 1. The van der Waals surface area contributed by atoms with Gasteiger partial charge in [0.1, 0.15) is 22.2 Å². The zero-order chi connectivity index (χ0) is 31.6. The van der Waals surface area contributed by atoms with Gasteiger partial charge >= 0.3 is 6.18 Å². The average Bonchev–Trinajstić information content (AvgIpc) is 3.55. The number of carbonyl (C=O) groups excluding carboxylic acids is 1.